The number of aryl methyl sites for hydroxylation is 1. The zero-order valence-electron chi connectivity index (χ0n) is 18.4. The molecule has 35 heavy (non-hydrogen) atoms. The quantitative estimate of drug-likeness (QED) is 0.319. The summed E-state index contributed by atoms with van der Waals surface area (Å²) in [4.78, 5) is 25.4. The maximum Gasteiger partial charge on any atom is 0.450 e. The molecule has 0 fully saturated rings. The molecule has 0 aliphatic heterocycles. The minimum Gasteiger partial charge on any atom is -0.484 e. The normalized spacial score (nSPS) is 11.5. The Labute approximate surface area is 203 Å². The Hall–Kier alpha value is -3.78. The molecule has 4 rings (SSSR count). The Bertz CT molecular complexity index is 1460. The van der Waals surface area contributed by atoms with Gasteiger partial charge in [-0.25, -0.2) is 0 Å². The van der Waals surface area contributed by atoms with E-state index in [2.05, 4.69) is 5.32 Å². The average Bonchev–Trinajstić information content (AvgIpc) is 2.83. The molecule has 1 heterocycles. The second-order valence-corrected chi connectivity index (χ2v) is 8.03. The predicted molar refractivity (Wildman–Crippen MR) is 128 cm³/mol. The number of carbonyl (C=O) groups excluding carboxylic acids is 1. The summed E-state index contributed by atoms with van der Waals surface area (Å²) in [6, 6.07) is 16.9. The fourth-order valence-corrected chi connectivity index (χ4v) is 3.89. The lowest BCUT2D eigenvalue weighted by atomic mass is 10.0. The van der Waals surface area contributed by atoms with Gasteiger partial charge in [0.05, 0.1) is 10.9 Å². The van der Waals surface area contributed by atoms with Gasteiger partial charge in [0.1, 0.15) is 11.3 Å². The highest BCUT2D eigenvalue weighted by molar-refractivity contribution is 6.33. The third-order valence-corrected chi connectivity index (χ3v) is 5.64. The van der Waals surface area contributed by atoms with E-state index in [1.807, 2.05) is 19.1 Å². The number of alkyl halides is 3. The van der Waals surface area contributed by atoms with Crippen molar-refractivity contribution >= 4 is 34.2 Å². The van der Waals surface area contributed by atoms with Crippen LogP contribution in [0.2, 0.25) is 5.02 Å². The van der Waals surface area contributed by atoms with Crippen molar-refractivity contribution in [2.75, 3.05) is 11.9 Å². The Morgan fingerprint density at radius 2 is 1.77 bits per heavy atom. The van der Waals surface area contributed by atoms with Crippen LogP contribution in [-0.4, -0.2) is 12.5 Å². The van der Waals surface area contributed by atoms with E-state index < -0.39 is 35.4 Å². The maximum atomic E-state index is 13.8. The molecule has 180 valence electrons. The molecule has 0 saturated heterocycles. The van der Waals surface area contributed by atoms with Crippen LogP contribution in [-0.2, 0) is 17.4 Å². The molecule has 1 amide bonds. The number of carbonyl (C=O) groups is 1. The van der Waals surface area contributed by atoms with Crippen molar-refractivity contribution in [1.82, 2.24) is 0 Å². The fourth-order valence-electron chi connectivity index (χ4n) is 3.66. The van der Waals surface area contributed by atoms with E-state index in [9.17, 15) is 22.8 Å². The minimum absolute atomic E-state index is 0.0136. The zero-order valence-corrected chi connectivity index (χ0v) is 19.2. The van der Waals surface area contributed by atoms with E-state index in [0.717, 1.165) is 18.1 Å². The number of hydrogen-bond donors (Lipinski definition) is 1. The van der Waals surface area contributed by atoms with Gasteiger partial charge in [-0.15, -0.1) is 0 Å². The molecule has 0 bridgehead atoms. The number of halogens is 4. The van der Waals surface area contributed by atoms with Crippen LogP contribution in [0.4, 0.5) is 18.9 Å². The standard InChI is InChI=1S/C26H19ClF3NO4/c1-2-15-7-3-6-10-20(15)31-22(32)14-34-16-11-12-18-21(13-16)35-25(26(28,29)30)23(24(18)33)17-8-4-5-9-19(17)27/h3-13H,2,14H2,1H3,(H,31,32). The fraction of sp³-hybridized carbons (Fsp3) is 0.154. The number of anilines is 1. The van der Waals surface area contributed by atoms with Gasteiger partial charge in [-0.2, -0.15) is 13.2 Å². The number of rotatable bonds is 6. The molecular weight excluding hydrogens is 483 g/mol. The van der Waals surface area contributed by atoms with Crippen LogP contribution < -0.4 is 15.5 Å². The van der Waals surface area contributed by atoms with E-state index in [0.29, 0.717) is 5.69 Å². The monoisotopic (exact) mass is 501 g/mol. The van der Waals surface area contributed by atoms with Gasteiger partial charge in [0.2, 0.25) is 11.2 Å². The number of benzene rings is 3. The summed E-state index contributed by atoms with van der Waals surface area (Å²) in [5, 5.41) is 2.64. The molecule has 5 nitrogen and oxygen atoms in total. The molecule has 0 spiro atoms. The van der Waals surface area contributed by atoms with Gasteiger partial charge < -0.3 is 14.5 Å². The third-order valence-electron chi connectivity index (χ3n) is 5.31. The summed E-state index contributed by atoms with van der Waals surface area (Å²) in [7, 11) is 0. The Morgan fingerprint density at radius 3 is 2.49 bits per heavy atom. The van der Waals surface area contributed by atoms with Crippen molar-refractivity contribution in [2.45, 2.75) is 19.5 Å². The van der Waals surface area contributed by atoms with Crippen molar-refractivity contribution in [2.24, 2.45) is 0 Å². The molecule has 1 N–H and O–H groups in total. The molecule has 1 aromatic heterocycles. The Morgan fingerprint density at radius 1 is 1.06 bits per heavy atom. The summed E-state index contributed by atoms with van der Waals surface area (Å²) < 4.78 is 52.1. The van der Waals surface area contributed by atoms with Crippen molar-refractivity contribution in [3.05, 3.63) is 93.3 Å². The highest BCUT2D eigenvalue weighted by Crippen LogP contribution is 2.39. The summed E-state index contributed by atoms with van der Waals surface area (Å²) in [6.07, 6.45) is -4.23. The highest BCUT2D eigenvalue weighted by atomic mass is 35.5. The van der Waals surface area contributed by atoms with Crippen LogP contribution in [0.3, 0.4) is 0 Å². The summed E-state index contributed by atoms with van der Waals surface area (Å²) in [5.41, 5.74) is -0.364. The maximum absolute atomic E-state index is 13.8. The molecule has 0 radical (unpaired) electrons. The number of para-hydroxylation sites is 1. The molecular formula is C26H19ClF3NO4. The third kappa shape index (κ3) is 5.17. The molecule has 0 aliphatic carbocycles. The van der Waals surface area contributed by atoms with Gasteiger partial charge >= 0.3 is 6.18 Å². The molecule has 4 aromatic rings. The van der Waals surface area contributed by atoms with Gasteiger partial charge in [0.25, 0.3) is 5.91 Å². The smallest absolute Gasteiger partial charge is 0.450 e. The van der Waals surface area contributed by atoms with E-state index >= 15 is 0 Å². The van der Waals surface area contributed by atoms with Crippen molar-refractivity contribution in [3.8, 4) is 16.9 Å². The van der Waals surface area contributed by atoms with E-state index in [4.69, 9.17) is 20.8 Å². The first-order valence-corrected chi connectivity index (χ1v) is 11.0. The van der Waals surface area contributed by atoms with Crippen LogP contribution in [0.15, 0.2) is 75.9 Å². The first-order chi connectivity index (χ1) is 16.7. The van der Waals surface area contributed by atoms with E-state index in [1.165, 1.54) is 30.3 Å². The molecule has 0 saturated carbocycles. The van der Waals surface area contributed by atoms with Gasteiger partial charge in [-0.05, 0) is 36.2 Å². The van der Waals surface area contributed by atoms with Gasteiger partial charge in [-0.1, -0.05) is 54.9 Å². The lowest BCUT2D eigenvalue weighted by Crippen LogP contribution is -2.21. The number of ether oxygens (including phenoxy) is 1. The van der Waals surface area contributed by atoms with Crippen LogP contribution in [0.1, 0.15) is 18.2 Å². The number of hydrogen-bond acceptors (Lipinski definition) is 4. The van der Waals surface area contributed by atoms with Crippen LogP contribution in [0.25, 0.3) is 22.1 Å². The van der Waals surface area contributed by atoms with E-state index in [-0.39, 0.29) is 27.3 Å². The predicted octanol–water partition coefficient (Wildman–Crippen LogP) is 6.71. The van der Waals surface area contributed by atoms with Crippen molar-refractivity contribution < 1.29 is 27.1 Å². The number of amides is 1. The zero-order chi connectivity index (χ0) is 25.2. The van der Waals surface area contributed by atoms with Crippen molar-refractivity contribution in [1.29, 1.82) is 0 Å². The second kappa shape index (κ2) is 9.84. The summed E-state index contributed by atoms with van der Waals surface area (Å²) in [5.74, 6) is -1.84. The number of nitrogens with one attached hydrogen (secondary N) is 1. The molecule has 0 aliphatic rings. The van der Waals surface area contributed by atoms with Gasteiger partial charge in [-0.3, -0.25) is 9.59 Å². The van der Waals surface area contributed by atoms with Crippen LogP contribution in [0, 0.1) is 0 Å². The second-order valence-electron chi connectivity index (χ2n) is 7.62. The highest BCUT2D eigenvalue weighted by Gasteiger charge is 2.39. The van der Waals surface area contributed by atoms with Crippen LogP contribution in [0.5, 0.6) is 5.75 Å². The van der Waals surface area contributed by atoms with Crippen LogP contribution >= 0.6 is 11.6 Å². The molecule has 3 aromatic carbocycles. The summed E-state index contributed by atoms with van der Waals surface area (Å²) >= 11 is 6.07. The SMILES string of the molecule is CCc1ccccc1NC(=O)COc1ccc2c(=O)c(-c3ccccc3Cl)c(C(F)(F)F)oc2c1. The van der Waals surface area contributed by atoms with E-state index in [1.54, 1.807) is 18.2 Å². The first-order valence-electron chi connectivity index (χ1n) is 10.6. The van der Waals surface area contributed by atoms with Gasteiger partial charge in [0, 0.05) is 22.3 Å². The molecule has 9 heteroatoms. The largest absolute Gasteiger partial charge is 0.484 e. The Balaban J connectivity index is 1.65. The molecule has 0 unspecified atom stereocenters. The molecule has 0 atom stereocenters. The lowest BCUT2D eigenvalue weighted by molar-refractivity contribution is -0.152. The van der Waals surface area contributed by atoms with Gasteiger partial charge in [0.15, 0.2) is 6.61 Å². The van der Waals surface area contributed by atoms with Crippen molar-refractivity contribution in [3.63, 3.8) is 0 Å². The summed E-state index contributed by atoms with van der Waals surface area (Å²) in [6.45, 7) is 1.56. The average molecular weight is 502 g/mol. The topological polar surface area (TPSA) is 68.5 Å². The number of fused-ring (bicyclic) bond motifs is 1. The Kier molecular flexibility index (Phi) is 6.84. The minimum atomic E-state index is -4.95. The first kappa shape index (κ1) is 24.3. The lowest BCUT2D eigenvalue weighted by Gasteiger charge is -2.14.